The van der Waals surface area contributed by atoms with Crippen molar-refractivity contribution < 1.29 is 23.1 Å². The monoisotopic (exact) mass is 293 g/mol. The molecule has 0 radical (unpaired) electrons. The van der Waals surface area contributed by atoms with Gasteiger partial charge in [0.05, 0.1) is 5.75 Å². The van der Waals surface area contributed by atoms with Crippen molar-refractivity contribution in [1.82, 2.24) is 5.32 Å². The van der Waals surface area contributed by atoms with Gasteiger partial charge in [-0.25, -0.2) is 8.42 Å². The van der Waals surface area contributed by atoms with Gasteiger partial charge < -0.3 is 10.4 Å². The Morgan fingerprint density at radius 3 is 2.21 bits per heavy atom. The number of sulfone groups is 1. The van der Waals surface area contributed by atoms with Gasteiger partial charge in [0.25, 0.3) is 0 Å². The van der Waals surface area contributed by atoms with Crippen molar-refractivity contribution in [2.24, 2.45) is 0 Å². The van der Waals surface area contributed by atoms with Crippen LogP contribution in [0.15, 0.2) is 0 Å². The average molecular weight is 293 g/mol. The van der Waals surface area contributed by atoms with E-state index in [2.05, 4.69) is 6.92 Å². The van der Waals surface area contributed by atoms with Crippen molar-refractivity contribution >= 4 is 21.7 Å². The highest BCUT2D eigenvalue weighted by atomic mass is 32.2. The molecule has 0 aromatic rings. The lowest BCUT2D eigenvalue weighted by Crippen LogP contribution is -2.34. The molecule has 0 aromatic heterocycles. The predicted molar refractivity (Wildman–Crippen MR) is 72.7 cm³/mol. The molecule has 2 N–H and O–H groups in total. The summed E-state index contributed by atoms with van der Waals surface area (Å²) in [5.74, 6) is -2.59. The van der Waals surface area contributed by atoms with Crippen molar-refractivity contribution in [3.63, 3.8) is 0 Å². The Labute approximate surface area is 114 Å². The largest absolute Gasteiger partial charge is 0.480 e. The van der Waals surface area contributed by atoms with E-state index in [4.69, 9.17) is 5.11 Å². The number of hydrogen-bond donors (Lipinski definition) is 2. The van der Waals surface area contributed by atoms with Gasteiger partial charge in [-0.3, -0.25) is 9.59 Å². The zero-order chi connectivity index (χ0) is 14.7. The Morgan fingerprint density at radius 2 is 1.63 bits per heavy atom. The number of nitrogens with one attached hydrogen (secondary N) is 1. The fraction of sp³-hybridized carbons (Fsp3) is 0.833. The van der Waals surface area contributed by atoms with Crippen LogP contribution in [0.1, 0.15) is 45.4 Å². The molecule has 0 saturated carbocycles. The Balaban J connectivity index is 3.79. The molecule has 1 amide bonds. The molecule has 0 aliphatic carbocycles. The summed E-state index contributed by atoms with van der Waals surface area (Å²) in [6.07, 6.45) is 5.81. The molecule has 19 heavy (non-hydrogen) atoms. The van der Waals surface area contributed by atoms with E-state index in [1.54, 1.807) is 0 Å². The lowest BCUT2D eigenvalue weighted by atomic mass is 10.1. The lowest BCUT2D eigenvalue weighted by Gasteiger charge is -2.05. The highest BCUT2D eigenvalue weighted by Crippen LogP contribution is 2.06. The lowest BCUT2D eigenvalue weighted by molar-refractivity contribution is -0.137. The predicted octanol–water partition coefficient (Wildman–Crippen LogP) is 0.963. The Morgan fingerprint density at radius 1 is 1.05 bits per heavy atom. The summed E-state index contributed by atoms with van der Waals surface area (Å²) < 4.78 is 23.1. The summed E-state index contributed by atoms with van der Waals surface area (Å²) in [4.78, 5) is 21.4. The first-order valence-corrected chi connectivity index (χ1v) is 8.38. The van der Waals surface area contributed by atoms with Gasteiger partial charge in [0.2, 0.25) is 5.91 Å². The Kier molecular flexibility index (Phi) is 9.20. The minimum Gasteiger partial charge on any atom is -0.480 e. The fourth-order valence-electron chi connectivity index (χ4n) is 1.60. The maximum absolute atomic E-state index is 11.6. The zero-order valence-corrected chi connectivity index (χ0v) is 12.2. The second-order valence-electron chi connectivity index (χ2n) is 4.53. The molecule has 0 saturated heterocycles. The van der Waals surface area contributed by atoms with Crippen molar-refractivity contribution in [1.29, 1.82) is 0 Å². The molecule has 0 aromatic carbocycles. The number of carboxylic acid groups (broad SMARTS) is 1. The smallest absolute Gasteiger partial charge is 0.322 e. The average Bonchev–Trinajstić information content (AvgIpc) is 2.30. The van der Waals surface area contributed by atoms with Crippen LogP contribution in [0.3, 0.4) is 0 Å². The van der Waals surface area contributed by atoms with E-state index in [1.807, 2.05) is 5.32 Å². The first-order valence-electron chi connectivity index (χ1n) is 6.56. The third-order valence-corrected chi connectivity index (χ3v) is 4.21. The van der Waals surface area contributed by atoms with Gasteiger partial charge in [-0.15, -0.1) is 0 Å². The Bertz CT molecular complexity index is 378. The first-order chi connectivity index (χ1) is 8.87. The number of hydrogen-bond acceptors (Lipinski definition) is 4. The number of carboxylic acids is 1. The molecule has 112 valence electrons. The van der Waals surface area contributed by atoms with E-state index in [-0.39, 0.29) is 5.75 Å². The SMILES string of the molecule is CCCCCCCCS(=O)(=O)CC(=O)NCC(=O)O. The highest BCUT2D eigenvalue weighted by Gasteiger charge is 2.16. The second kappa shape index (κ2) is 9.77. The molecule has 0 heterocycles. The number of carbonyl (C=O) groups is 2. The molecule has 7 heteroatoms. The molecule has 0 rings (SSSR count). The standard InChI is InChI=1S/C12H23NO5S/c1-2-3-4-5-6-7-8-19(17,18)10-11(14)13-9-12(15)16/h2-10H2,1H3,(H,13,14)(H,15,16). The van der Waals surface area contributed by atoms with E-state index in [0.717, 1.165) is 32.1 Å². The summed E-state index contributed by atoms with van der Waals surface area (Å²) in [6.45, 7) is 1.56. The quantitative estimate of drug-likeness (QED) is 0.553. The van der Waals surface area contributed by atoms with Crippen molar-refractivity contribution in [3.05, 3.63) is 0 Å². The molecule has 0 atom stereocenters. The van der Waals surface area contributed by atoms with E-state index < -0.39 is 34.0 Å². The van der Waals surface area contributed by atoms with E-state index >= 15 is 0 Å². The molecule has 0 fully saturated rings. The summed E-state index contributed by atoms with van der Waals surface area (Å²) in [7, 11) is -3.43. The summed E-state index contributed by atoms with van der Waals surface area (Å²) >= 11 is 0. The van der Waals surface area contributed by atoms with Crippen LogP contribution in [0, 0.1) is 0 Å². The molecule has 6 nitrogen and oxygen atoms in total. The summed E-state index contributed by atoms with van der Waals surface area (Å²) in [5.41, 5.74) is 0. The van der Waals surface area contributed by atoms with Crippen LogP contribution in [0.5, 0.6) is 0 Å². The normalized spacial score (nSPS) is 11.2. The minimum absolute atomic E-state index is 0.0143. The van der Waals surface area contributed by atoms with Gasteiger partial charge in [0, 0.05) is 0 Å². The van der Waals surface area contributed by atoms with Gasteiger partial charge in [0.1, 0.15) is 12.3 Å². The third-order valence-electron chi connectivity index (χ3n) is 2.60. The molecule has 0 spiro atoms. The fourth-order valence-corrected chi connectivity index (χ4v) is 2.89. The van der Waals surface area contributed by atoms with Crippen molar-refractivity contribution in [2.45, 2.75) is 45.4 Å². The molecule has 0 aliphatic heterocycles. The van der Waals surface area contributed by atoms with E-state index in [1.165, 1.54) is 0 Å². The van der Waals surface area contributed by atoms with Gasteiger partial charge >= 0.3 is 5.97 Å². The number of unbranched alkanes of at least 4 members (excludes halogenated alkanes) is 5. The van der Waals surface area contributed by atoms with Crippen LogP contribution in [-0.2, 0) is 19.4 Å². The van der Waals surface area contributed by atoms with Crippen LogP contribution >= 0.6 is 0 Å². The molecule has 0 unspecified atom stereocenters. The summed E-state index contributed by atoms with van der Waals surface area (Å²) in [6, 6.07) is 0. The molecule has 0 aliphatic rings. The van der Waals surface area contributed by atoms with Gasteiger partial charge in [-0.1, -0.05) is 39.0 Å². The summed E-state index contributed by atoms with van der Waals surface area (Å²) in [5, 5.41) is 10.4. The zero-order valence-electron chi connectivity index (χ0n) is 11.4. The van der Waals surface area contributed by atoms with Crippen LogP contribution < -0.4 is 5.32 Å². The van der Waals surface area contributed by atoms with Crippen molar-refractivity contribution in [3.8, 4) is 0 Å². The number of aliphatic carboxylic acids is 1. The van der Waals surface area contributed by atoms with Crippen LogP contribution in [-0.4, -0.2) is 43.5 Å². The number of carbonyl (C=O) groups excluding carboxylic acids is 1. The van der Waals surface area contributed by atoms with Gasteiger partial charge in [-0.2, -0.15) is 0 Å². The molecular formula is C12H23NO5S. The Hall–Kier alpha value is -1.11. The number of amides is 1. The maximum Gasteiger partial charge on any atom is 0.322 e. The van der Waals surface area contributed by atoms with Crippen LogP contribution in [0.25, 0.3) is 0 Å². The molecular weight excluding hydrogens is 270 g/mol. The molecule has 0 bridgehead atoms. The van der Waals surface area contributed by atoms with Crippen LogP contribution in [0.2, 0.25) is 0 Å². The van der Waals surface area contributed by atoms with Gasteiger partial charge in [-0.05, 0) is 6.42 Å². The highest BCUT2D eigenvalue weighted by molar-refractivity contribution is 7.92. The second-order valence-corrected chi connectivity index (χ2v) is 6.71. The van der Waals surface area contributed by atoms with Crippen molar-refractivity contribution in [2.75, 3.05) is 18.1 Å². The first kappa shape index (κ1) is 17.9. The van der Waals surface area contributed by atoms with E-state index in [0.29, 0.717) is 6.42 Å². The van der Waals surface area contributed by atoms with Crippen LogP contribution in [0.4, 0.5) is 0 Å². The topological polar surface area (TPSA) is 101 Å². The van der Waals surface area contributed by atoms with Gasteiger partial charge in [0.15, 0.2) is 9.84 Å². The van der Waals surface area contributed by atoms with E-state index in [9.17, 15) is 18.0 Å². The maximum atomic E-state index is 11.6. The third kappa shape index (κ3) is 11.7. The minimum atomic E-state index is -3.43. The number of rotatable bonds is 11.